The first-order chi connectivity index (χ1) is 10.0. The first-order valence-electron chi connectivity index (χ1n) is 7.49. The third-order valence-electron chi connectivity index (χ3n) is 4.75. The van der Waals surface area contributed by atoms with E-state index in [4.69, 9.17) is 0 Å². The monoisotopic (exact) mass is 292 g/mol. The van der Waals surface area contributed by atoms with Crippen LogP contribution in [0.15, 0.2) is 24.3 Å². The van der Waals surface area contributed by atoms with Crippen LogP contribution in [-0.2, 0) is 6.54 Å². The fourth-order valence-electron chi connectivity index (χ4n) is 3.21. The van der Waals surface area contributed by atoms with Crippen molar-refractivity contribution in [2.24, 2.45) is 11.8 Å². The maximum atomic E-state index is 13.5. The molecule has 1 aromatic carbocycles. The Morgan fingerprint density at radius 1 is 1.48 bits per heavy atom. The van der Waals surface area contributed by atoms with Gasteiger partial charge in [0.05, 0.1) is 12.1 Å². The van der Waals surface area contributed by atoms with Crippen molar-refractivity contribution in [3.05, 3.63) is 35.6 Å². The van der Waals surface area contributed by atoms with Crippen molar-refractivity contribution in [1.82, 2.24) is 10.2 Å². The number of likely N-dealkylation sites (tertiary alicyclic amines) is 1. The number of urea groups is 1. The molecule has 1 aromatic rings. The number of halogens is 1. The minimum atomic E-state index is -0.741. The molecule has 114 valence electrons. The molecule has 1 aliphatic heterocycles. The molecule has 0 spiro atoms. The lowest BCUT2D eigenvalue weighted by atomic mass is 9.88. The molecular formula is C16H21FN2O2. The average Bonchev–Trinajstić information content (AvgIpc) is 3.26. The molecule has 3 rings (SSSR count). The quantitative estimate of drug-likeness (QED) is 0.896. The van der Waals surface area contributed by atoms with Crippen LogP contribution in [0.1, 0.15) is 25.3 Å². The average molecular weight is 292 g/mol. The van der Waals surface area contributed by atoms with E-state index in [9.17, 15) is 14.3 Å². The van der Waals surface area contributed by atoms with Crippen LogP contribution in [0.2, 0.25) is 0 Å². The van der Waals surface area contributed by atoms with Gasteiger partial charge in [0.25, 0.3) is 0 Å². The number of amides is 2. The van der Waals surface area contributed by atoms with Crippen LogP contribution in [0, 0.1) is 17.7 Å². The standard InChI is InChI=1S/C16H21FN2O2/c1-11-9-19(10-16(11,21)13-6-7-13)15(20)18-8-12-4-2-3-5-14(12)17/h2-5,11,13,21H,6-10H2,1H3,(H,18,20)/t11-,16+/m1/s1. The molecule has 0 radical (unpaired) electrons. The summed E-state index contributed by atoms with van der Waals surface area (Å²) in [5.74, 6) is 0.100. The number of nitrogens with zero attached hydrogens (tertiary/aromatic N) is 1. The molecule has 1 aliphatic carbocycles. The predicted molar refractivity (Wildman–Crippen MR) is 77.0 cm³/mol. The molecule has 2 fully saturated rings. The highest BCUT2D eigenvalue weighted by Gasteiger charge is 2.53. The lowest BCUT2D eigenvalue weighted by Gasteiger charge is -2.26. The smallest absolute Gasteiger partial charge is 0.317 e. The van der Waals surface area contributed by atoms with E-state index < -0.39 is 5.60 Å². The number of rotatable bonds is 3. The Hall–Kier alpha value is -1.62. The van der Waals surface area contributed by atoms with E-state index in [1.165, 1.54) is 6.07 Å². The minimum Gasteiger partial charge on any atom is -0.387 e. The maximum absolute atomic E-state index is 13.5. The fraction of sp³-hybridized carbons (Fsp3) is 0.562. The highest BCUT2D eigenvalue weighted by Crippen LogP contribution is 2.46. The minimum absolute atomic E-state index is 0.0872. The SMILES string of the molecule is C[C@@H]1CN(C(=O)NCc2ccccc2F)C[C@@]1(O)C1CC1. The molecule has 0 aromatic heterocycles. The van der Waals surface area contributed by atoms with Crippen molar-refractivity contribution < 1.29 is 14.3 Å². The summed E-state index contributed by atoms with van der Waals surface area (Å²) in [7, 11) is 0. The Morgan fingerprint density at radius 2 is 2.19 bits per heavy atom. The lowest BCUT2D eigenvalue weighted by molar-refractivity contribution is -0.00236. The van der Waals surface area contributed by atoms with Gasteiger partial charge in [0.1, 0.15) is 5.82 Å². The molecule has 2 N–H and O–H groups in total. The van der Waals surface area contributed by atoms with E-state index in [1.807, 2.05) is 6.92 Å². The number of hydrogen-bond donors (Lipinski definition) is 2. The second kappa shape index (κ2) is 5.30. The molecule has 4 nitrogen and oxygen atoms in total. The zero-order chi connectivity index (χ0) is 15.0. The van der Waals surface area contributed by atoms with Gasteiger partial charge < -0.3 is 15.3 Å². The van der Waals surface area contributed by atoms with E-state index in [0.717, 1.165) is 12.8 Å². The molecule has 0 bridgehead atoms. The van der Waals surface area contributed by atoms with Crippen molar-refractivity contribution >= 4 is 6.03 Å². The first kappa shape index (κ1) is 14.3. The van der Waals surface area contributed by atoms with Gasteiger partial charge in [0.15, 0.2) is 0 Å². The van der Waals surface area contributed by atoms with Crippen LogP contribution < -0.4 is 5.32 Å². The van der Waals surface area contributed by atoms with Crippen LogP contribution in [-0.4, -0.2) is 34.7 Å². The number of nitrogens with one attached hydrogen (secondary N) is 1. The van der Waals surface area contributed by atoms with Crippen LogP contribution in [0.5, 0.6) is 0 Å². The number of benzene rings is 1. The highest BCUT2D eigenvalue weighted by atomic mass is 19.1. The summed E-state index contributed by atoms with van der Waals surface area (Å²) in [4.78, 5) is 13.8. The van der Waals surface area contributed by atoms with Crippen molar-refractivity contribution in [3.8, 4) is 0 Å². The Kier molecular flexibility index (Phi) is 3.61. The molecule has 21 heavy (non-hydrogen) atoms. The zero-order valence-electron chi connectivity index (χ0n) is 12.2. The molecule has 2 atom stereocenters. The predicted octanol–water partition coefficient (Wildman–Crippen LogP) is 2.13. The zero-order valence-corrected chi connectivity index (χ0v) is 12.2. The van der Waals surface area contributed by atoms with Gasteiger partial charge in [0, 0.05) is 24.6 Å². The first-order valence-corrected chi connectivity index (χ1v) is 7.49. The van der Waals surface area contributed by atoms with Crippen LogP contribution in [0.4, 0.5) is 9.18 Å². The van der Waals surface area contributed by atoms with Crippen LogP contribution in [0.3, 0.4) is 0 Å². The van der Waals surface area contributed by atoms with Crippen molar-refractivity contribution in [1.29, 1.82) is 0 Å². The number of carbonyl (C=O) groups excluding carboxylic acids is 1. The Morgan fingerprint density at radius 3 is 2.86 bits per heavy atom. The van der Waals surface area contributed by atoms with Crippen molar-refractivity contribution in [2.75, 3.05) is 13.1 Å². The number of hydrogen-bond acceptors (Lipinski definition) is 2. The topological polar surface area (TPSA) is 52.6 Å². The van der Waals surface area contributed by atoms with E-state index >= 15 is 0 Å². The number of carbonyl (C=O) groups is 1. The summed E-state index contributed by atoms with van der Waals surface area (Å²) in [6.07, 6.45) is 2.09. The van der Waals surface area contributed by atoms with Gasteiger partial charge in [-0.25, -0.2) is 9.18 Å². The van der Waals surface area contributed by atoms with E-state index in [2.05, 4.69) is 5.32 Å². The molecule has 1 saturated carbocycles. The Balaban J connectivity index is 1.58. The second-order valence-corrected chi connectivity index (χ2v) is 6.30. The van der Waals surface area contributed by atoms with Crippen LogP contribution >= 0.6 is 0 Å². The summed E-state index contributed by atoms with van der Waals surface area (Å²) in [6, 6.07) is 6.17. The third-order valence-corrected chi connectivity index (χ3v) is 4.75. The molecule has 0 unspecified atom stereocenters. The lowest BCUT2D eigenvalue weighted by Crippen LogP contribution is -2.43. The van der Waals surface area contributed by atoms with Gasteiger partial charge in [-0.15, -0.1) is 0 Å². The second-order valence-electron chi connectivity index (χ2n) is 6.30. The largest absolute Gasteiger partial charge is 0.387 e. The number of β-amino-alcohol motifs (C(OH)–C–C–N with tert-alkyl or cyclic N) is 1. The van der Waals surface area contributed by atoms with Crippen LogP contribution in [0.25, 0.3) is 0 Å². The maximum Gasteiger partial charge on any atom is 0.317 e. The Bertz CT molecular complexity index is 547. The van der Waals surface area contributed by atoms with Gasteiger partial charge in [0.2, 0.25) is 0 Å². The van der Waals surface area contributed by atoms with Crippen molar-refractivity contribution in [3.63, 3.8) is 0 Å². The van der Waals surface area contributed by atoms with E-state index in [-0.39, 0.29) is 24.3 Å². The van der Waals surface area contributed by atoms with Gasteiger partial charge in [-0.2, -0.15) is 0 Å². The summed E-state index contributed by atoms with van der Waals surface area (Å²) >= 11 is 0. The molecular weight excluding hydrogens is 271 g/mol. The highest BCUT2D eigenvalue weighted by molar-refractivity contribution is 5.74. The Labute approximate surface area is 124 Å². The molecule has 5 heteroatoms. The van der Waals surface area contributed by atoms with Crippen molar-refractivity contribution in [2.45, 2.75) is 31.9 Å². The number of aliphatic hydroxyl groups is 1. The summed E-state index contributed by atoms with van der Waals surface area (Å²) in [5.41, 5.74) is -0.273. The summed E-state index contributed by atoms with van der Waals surface area (Å²) < 4.78 is 13.5. The normalized spacial score (nSPS) is 28.7. The van der Waals surface area contributed by atoms with Gasteiger partial charge in [-0.05, 0) is 24.8 Å². The fourth-order valence-corrected chi connectivity index (χ4v) is 3.21. The van der Waals surface area contributed by atoms with Gasteiger partial charge in [-0.1, -0.05) is 25.1 Å². The van der Waals surface area contributed by atoms with Gasteiger partial charge >= 0.3 is 6.03 Å². The molecule has 1 saturated heterocycles. The molecule has 1 heterocycles. The van der Waals surface area contributed by atoms with E-state index in [1.54, 1.807) is 23.1 Å². The molecule has 2 aliphatic rings. The van der Waals surface area contributed by atoms with Gasteiger partial charge in [-0.3, -0.25) is 0 Å². The molecule has 2 amide bonds. The third kappa shape index (κ3) is 2.75. The van der Waals surface area contributed by atoms with E-state index in [0.29, 0.717) is 24.6 Å². The summed E-state index contributed by atoms with van der Waals surface area (Å²) in [6.45, 7) is 3.08. The summed E-state index contributed by atoms with van der Waals surface area (Å²) in [5, 5.41) is 13.4.